The number of rotatable bonds is 63. The molecule has 0 aliphatic carbocycles. The summed E-state index contributed by atoms with van der Waals surface area (Å²) in [5.74, 6) is 0.197. The van der Waals surface area contributed by atoms with Crippen molar-refractivity contribution in [3.63, 3.8) is 0 Å². The van der Waals surface area contributed by atoms with Crippen molar-refractivity contribution in [1.29, 1.82) is 0 Å². The Labute approximate surface area is 495 Å². The molecular weight excluding hydrogens is 945 g/mol. The van der Waals surface area contributed by atoms with Crippen LogP contribution in [0.3, 0.4) is 0 Å². The monoisotopic (exact) mass is 1100 g/mol. The molecule has 0 radical (unpaired) electrons. The van der Waals surface area contributed by atoms with E-state index < -0.39 is 0 Å². The fraction of sp³-hybridized carbons (Fsp3) is 0.987. The van der Waals surface area contributed by atoms with Crippen LogP contribution in [0.1, 0.15) is 449 Å². The van der Waals surface area contributed by atoms with Crippen molar-refractivity contribution in [2.75, 3.05) is 6.61 Å². The van der Waals surface area contributed by atoms with E-state index in [2.05, 4.69) is 83.1 Å². The quantitative estimate of drug-likeness (QED) is 0.0448. The predicted molar refractivity (Wildman–Crippen MR) is 354 cm³/mol. The Hall–Kier alpha value is -0.530. The molecule has 0 bridgehead atoms. The highest BCUT2D eigenvalue weighted by Gasteiger charge is 2.66. The van der Waals surface area contributed by atoms with Gasteiger partial charge in [-0.1, -0.05) is 359 Å². The normalized spacial score (nSPS) is 12.8. The van der Waals surface area contributed by atoms with Gasteiger partial charge in [0.05, 0.1) is 12.0 Å². The van der Waals surface area contributed by atoms with Gasteiger partial charge in [-0.2, -0.15) is 0 Å². The average molecular weight is 1100 g/mol. The molecule has 0 saturated carbocycles. The van der Waals surface area contributed by atoms with Crippen molar-refractivity contribution in [1.82, 2.24) is 0 Å². The third-order valence-electron chi connectivity index (χ3n) is 21.1. The third-order valence-corrected chi connectivity index (χ3v) is 21.1. The zero-order valence-corrected chi connectivity index (χ0v) is 56.8. The van der Waals surface area contributed by atoms with Gasteiger partial charge in [0.15, 0.2) is 0 Å². The van der Waals surface area contributed by atoms with Crippen LogP contribution in [0.2, 0.25) is 0 Å². The summed E-state index contributed by atoms with van der Waals surface area (Å²) in [6.45, 7) is 29.5. The largest absolute Gasteiger partial charge is 0.466 e. The predicted octanol–water partition coefficient (Wildman–Crippen LogP) is 27.9. The molecule has 0 aliphatic rings. The topological polar surface area (TPSA) is 26.3 Å². The lowest BCUT2D eigenvalue weighted by Crippen LogP contribution is -2.61. The molecule has 0 saturated heterocycles. The molecule has 0 aromatic carbocycles. The van der Waals surface area contributed by atoms with Gasteiger partial charge < -0.3 is 4.74 Å². The lowest BCUT2D eigenvalue weighted by atomic mass is 9.35. The second-order valence-electron chi connectivity index (χ2n) is 27.1. The van der Waals surface area contributed by atoms with Gasteiger partial charge in [-0.15, -0.1) is 0 Å². The van der Waals surface area contributed by atoms with Crippen molar-refractivity contribution < 1.29 is 9.53 Å². The fourth-order valence-corrected chi connectivity index (χ4v) is 16.6. The van der Waals surface area contributed by atoms with Crippen LogP contribution in [0.5, 0.6) is 0 Å². The molecule has 0 aliphatic heterocycles. The summed E-state index contributed by atoms with van der Waals surface area (Å²) in [5, 5.41) is 0. The molecule has 0 amide bonds. The molecule has 0 fully saturated rings. The van der Waals surface area contributed by atoms with Gasteiger partial charge in [0.25, 0.3) is 0 Å². The zero-order chi connectivity index (χ0) is 57.8. The zero-order valence-electron chi connectivity index (χ0n) is 56.8. The van der Waals surface area contributed by atoms with E-state index >= 15 is 4.79 Å². The van der Waals surface area contributed by atoms with Gasteiger partial charge in [0.1, 0.15) is 0 Å². The summed E-state index contributed by atoms with van der Waals surface area (Å²) < 4.78 is 6.51. The highest BCUT2D eigenvalue weighted by atomic mass is 16.5. The van der Waals surface area contributed by atoms with Gasteiger partial charge in [0, 0.05) is 0 Å². The lowest BCUT2D eigenvalue weighted by molar-refractivity contribution is -0.208. The van der Waals surface area contributed by atoms with Crippen molar-refractivity contribution in [2.45, 2.75) is 449 Å². The number of esters is 1. The summed E-state index contributed by atoms with van der Waals surface area (Å²) in [6.07, 6.45) is 77.0. The van der Waals surface area contributed by atoms with Gasteiger partial charge in [-0.25, -0.2) is 0 Å². The van der Waals surface area contributed by atoms with E-state index in [0.717, 1.165) is 19.3 Å². The van der Waals surface area contributed by atoms with Crippen LogP contribution in [0, 0.1) is 27.1 Å². The minimum Gasteiger partial charge on any atom is -0.466 e. The molecule has 78 heavy (non-hydrogen) atoms. The summed E-state index contributed by atoms with van der Waals surface area (Å²) >= 11 is 0. The first-order valence-corrected chi connectivity index (χ1v) is 37.3. The summed E-state index contributed by atoms with van der Waals surface area (Å²) in [5.41, 5.74) is 0.647. The van der Waals surface area contributed by atoms with E-state index in [1.165, 1.54) is 347 Å². The molecule has 0 spiro atoms. The van der Waals surface area contributed by atoms with Crippen molar-refractivity contribution >= 4 is 5.97 Å². The van der Waals surface area contributed by atoms with Crippen LogP contribution in [0.25, 0.3) is 0 Å². The number of ether oxygens (including phenoxy) is 1. The Balaban J connectivity index is 10.1. The molecule has 2 heteroatoms. The molecule has 468 valence electrons. The summed E-state index contributed by atoms with van der Waals surface area (Å²) in [7, 11) is 0. The van der Waals surface area contributed by atoms with Crippen LogP contribution >= 0.6 is 0 Å². The standard InChI is InChI=1S/C76H152O2/c1-13-25-36-47-58-72(71(77)78-24-12,59-48-37-26-14-2)69-70-74(63-52-41-30-18-6,64-53-42-31-19-7)76(67-56-45-34-22-10,68-57-46-35-23-11)75(65-54-43-32-20-8,66-55-44-33-21-9)73(60-49-38-27-15-3,61-50-39-28-16-4)62-51-40-29-17-5/h13-70H2,1-12H3. The van der Waals surface area contributed by atoms with Gasteiger partial charge in [-0.3, -0.25) is 4.79 Å². The second kappa shape index (κ2) is 52.1. The summed E-state index contributed by atoms with van der Waals surface area (Å²) in [4.78, 5) is 15.5. The lowest BCUT2D eigenvalue weighted by Gasteiger charge is -2.70. The molecule has 2 nitrogen and oxygen atoms in total. The molecule has 0 unspecified atom stereocenters. The van der Waals surface area contributed by atoms with Crippen LogP contribution in [-0.4, -0.2) is 12.6 Å². The average Bonchev–Trinajstić information content (AvgIpc) is 3.45. The first-order chi connectivity index (χ1) is 38.1. The Morgan fingerprint density at radius 3 is 0.615 bits per heavy atom. The molecule has 0 aromatic heterocycles. The van der Waals surface area contributed by atoms with E-state index in [0.29, 0.717) is 12.0 Å². The molecule has 0 heterocycles. The van der Waals surface area contributed by atoms with Crippen LogP contribution < -0.4 is 0 Å². The number of hydrogen-bond donors (Lipinski definition) is 0. The Kier molecular flexibility index (Phi) is 51.7. The number of carbonyl (C=O) groups excluding carboxylic acids is 1. The van der Waals surface area contributed by atoms with Gasteiger partial charge >= 0.3 is 5.97 Å². The van der Waals surface area contributed by atoms with Crippen LogP contribution in [0.15, 0.2) is 0 Å². The van der Waals surface area contributed by atoms with Crippen LogP contribution in [0.4, 0.5) is 0 Å². The SMILES string of the molecule is CCCCCCC(CCCCCC)(CCC(CCCCCC)(CCCCCC)C(CCCCCC)(CCCCCC)C(CCCCCC)(CCCCCC)C(CCCCCC)(CCCCCC)CCCCCC)C(=O)OCC. The molecule has 0 N–H and O–H groups in total. The maximum atomic E-state index is 15.5. The highest BCUT2D eigenvalue weighted by molar-refractivity contribution is 5.76. The molecule has 0 rings (SSSR count). The van der Waals surface area contributed by atoms with E-state index in [-0.39, 0.29) is 27.6 Å². The fourth-order valence-electron chi connectivity index (χ4n) is 16.6. The smallest absolute Gasteiger partial charge is 0.312 e. The second-order valence-corrected chi connectivity index (χ2v) is 27.1. The van der Waals surface area contributed by atoms with Crippen LogP contribution in [-0.2, 0) is 9.53 Å². The Morgan fingerprint density at radius 1 is 0.218 bits per heavy atom. The van der Waals surface area contributed by atoms with E-state index in [1.54, 1.807) is 0 Å². The molecular formula is C76H152O2. The van der Waals surface area contributed by atoms with Crippen molar-refractivity contribution in [3.05, 3.63) is 0 Å². The summed E-state index contributed by atoms with van der Waals surface area (Å²) in [6, 6.07) is 0. The number of unbranched alkanes of at least 4 members (excludes halogenated alkanes) is 33. The minimum absolute atomic E-state index is 0.189. The Morgan fingerprint density at radius 2 is 0.410 bits per heavy atom. The van der Waals surface area contributed by atoms with E-state index in [4.69, 9.17) is 4.74 Å². The van der Waals surface area contributed by atoms with Gasteiger partial charge in [0.2, 0.25) is 0 Å². The van der Waals surface area contributed by atoms with E-state index in [9.17, 15) is 0 Å². The first-order valence-electron chi connectivity index (χ1n) is 37.3. The van der Waals surface area contributed by atoms with Gasteiger partial charge in [-0.05, 0) is 112 Å². The number of hydrogen-bond acceptors (Lipinski definition) is 2. The maximum Gasteiger partial charge on any atom is 0.312 e. The van der Waals surface area contributed by atoms with E-state index in [1.807, 2.05) is 0 Å². The maximum absolute atomic E-state index is 15.5. The third kappa shape index (κ3) is 29.3. The molecule has 0 aromatic rings. The Bertz CT molecular complexity index is 1170. The minimum atomic E-state index is -0.381. The first kappa shape index (κ1) is 77.5. The van der Waals surface area contributed by atoms with Crippen molar-refractivity contribution in [3.8, 4) is 0 Å². The molecule has 0 atom stereocenters. The highest BCUT2D eigenvalue weighted by Crippen LogP contribution is 2.75. The number of carbonyl (C=O) groups is 1. The van der Waals surface area contributed by atoms with Crippen molar-refractivity contribution in [2.24, 2.45) is 27.1 Å².